The predicted molar refractivity (Wildman–Crippen MR) is 86.4 cm³/mol. The lowest BCUT2D eigenvalue weighted by atomic mass is 10.1. The van der Waals surface area contributed by atoms with Crippen molar-refractivity contribution >= 4 is 16.7 Å². The van der Waals surface area contributed by atoms with E-state index in [-0.39, 0.29) is 0 Å². The lowest BCUT2D eigenvalue weighted by Gasteiger charge is -2.08. The van der Waals surface area contributed by atoms with Crippen LogP contribution in [0.2, 0.25) is 0 Å². The van der Waals surface area contributed by atoms with E-state index < -0.39 is 0 Å². The maximum absolute atomic E-state index is 4.62. The van der Waals surface area contributed by atoms with E-state index in [0.29, 0.717) is 0 Å². The third-order valence-electron chi connectivity index (χ3n) is 3.48. The molecule has 0 aliphatic heterocycles. The Labute approximate surface area is 124 Å². The summed E-state index contributed by atoms with van der Waals surface area (Å²) in [6.45, 7) is 4.10. The van der Waals surface area contributed by atoms with Crippen LogP contribution in [0.15, 0.2) is 36.4 Å². The number of nitrogens with one attached hydrogen (secondary N) is 1. The first-order valence-corrected chi connectivity index (χ1v) is 7.13. The number of fused-ring (bicyclic) bond motifs is 1. The minimum Gasteiger partial charge on any atom is -0.373 e. The van der Waals surface area contributed by atoms with Crippen LogP contribution in [-0.2, 0) is 6.42 Å². The molecule has 0 unspecified atom stereocenters. The summed E-state index contributed by atoms with van der Waals surface area (Å²) in [5.74, 6) is 1.60. The molecule has 0 amide bonds. The normalized spacial score (nSPS) is 10.8. The van der Waals surface area contributed by atoms with Crippen molar-refractivity contribution in [2.45, 2.75) is 20.3 Å². The Bertz CT molecular complexity index is 774. The zero-order valence-electron chi connectivity index (χ0n) is 12.5. The van der Waals surface area contributed by atoms with Gasteiger partial charge in [-0.15, -0.1) is 0 Å². The van der Waals surface area contributed by atoms with Crippen molar-refractivity contribution in [3.8, 4) is 11.4 Å². The van der Waals surface area contributed by atoms with E-state index in [2.05, 4.69) is 39.3 Å². The Morgan fingerprint density at radius 1 is 1.00 bits per heavy atom. The van der Waals surface area contributed by atoms with Crippen molar-refractivity contribution in [3.63, 3.8) is 0 Å². The summed E-state index contributed by atoms with van der Waals surface area (Å²) in [6, 6.07) is 12.2. The van der Waals surface area contributed by atoms with E-state index in [0.717, 1.165) is 45.9 Å². The van der Waals surface area contributed by atoms with Gasteiger partial charge in [0.05, 0.1) is 5.52 Å². The van der Waals surface area contributed by atoms with Gasteiger partial charge in [0, 0.05) is 35.5 Å². The predicted octanol–water partition coefficient (Wildman–Crippen LogP) is 3.60. The van der Waals surface area contributed by atoms with Crippen molar-refractivity contribution in [1.82, 2.24) is 15.0 Å². The number of hydrogen-bond donors (Lipinski definition) is 1. The second-order valence-corrected chi connectivity index (χ2v) is 5.03. The van der Waals surface area contributed by atoms with E-state index in [9.17, 15) is 0 Å². The Hall–Kier alpha value is -2.49. The van der Waals surface area contributed by atoms with Crippen LogP contribution >= 0.6 is 0 Å². The molecule has 0 aliphatic carbocycles. The highest BCUT2D eigenvalue weighted by atomic mass is 15.0. The van der Waals surface area contributed by atoms with Gasteiger partial charge in [0.15, 0.2) is 5.82 Å². The number of hydrogen-bond acceptors (Lipinski definition) is 4. The van der Waals surface area contributed by atoms with Crippen LogP contribution in [0.1, 0.15) is 18.3 Å². The molecule has 2 aromatic heterocycles. The number of aryl methyl sites for hydroxylation is 2. The highest BCUT2D eigenvalue weighted by Crippen LogP contribution is 2.23. The molecule has 0 saturated heterocycles. The maximum Gasteiger partial charge on any atom is 0.161 e. The van der Waals surface area contributed by atoms with Crippen LogP contribution in [0.25, 0.3) is 22.3 Å². The summed E-state index contributed by atoms with van der Waals surface area (Å²) in [6.07, 6.45) is 0.887. The number of aromatic nitrogens is 3. The van der Waals surface area contributed by atoms with Gasteiger partial charge in [-0.3, -0.25) is 4.98 Å². The van der Waals surface area contributed by atoms with Gasteiger partial charge >= 0.3 is 0 Å². The molecule has 1 N–H and O–H groups in total. The van der Waals surface area contributed by atoms with Gasteiger partial charge < -0.3 is 5.32 Å². The largest absolute Gasteiger partial charge is 0.373 e. The van der Waals surface area contributed by atoms with Crippen LogP contribution in [0.5, 0.6) is 0 Å². The molecular formula is C17H18N4. The molecule has 2 heterocycles. The van der Waals surface area contributed by atoms with Gasteiger partial charge in [-0.25, -0.2) is 9.97 Å². The fourth-order valence-electron chi connectivity index (χ4n) is 2.30. The van der Waals surface area contributed by atoms with Crippen LogP contribution < -0.4 is 5.32 Å². The van der Waals surface area contributed by atoms with E-state index in [4.69, 9.17) is 0 Å². The summed E-state index contributed by atoms with van der Waals surface area (Å²) in [7, 11) is 1.87. The van der Waals surface area contributed by atoms with Crippen LogP contribution in [0, 0.1) is 6.92 Å². The molecular weight excluding hydrogens is 260 g/mol. The SMILES string of the molecule is CCc1cc(NC)nc(-c2ccc3nc(C)ccc3c2)n1. The minimum absolute atomic E-state index is 0.751. The first-order valence-electron chi connectivity index (χ1n) is 7.13. The molecule has 3 aromatic rings. The lowest BCUT2D eigenvalue weighted by Crippen LogP contribution is -2.00. The van der Waals surface area contributed by atoms with E-state index >= 15 is 0 Å². The van der Waals surface area contributed by atoms with Crippen molar-refractivity contribution < 1.29 is 0 Å². The first-order chi connectivity index (χ1) is 10.2. The molecule has 0 atom stereocenters. The molecule has 106 valence electrons. The quantitative estimate of drug-likeness (QED) is 0.795. The maximum atomic E-state index is 4.62. The van der Waals surface area contributed by atoms with Crippen molar-refractivity contribution in [3.05, 3.63) is 47.8 Å². The lowest BCUT2D eigenvalue weighted by molar-refractivity contribution is 1.01. The molecule has 0 radical (unpaired) electrons. The van der Waals surface area contributed by atoms with Gasteiger partial charge in [0.2, 0.25) is 0 Å². The number of benzene rings is 1. The Balaban J connectivity index is 2.13. The molecule has 0 bridgehead atoms. The topological polar surface area (TPSA) is 50.7 Å². The Kier molecular flexibility index (Phi) is 3.52. The van der Waals surface area contributed by atoms with Crippen molar-refractivity contribution in [2.75, 3.05) is 12.4 Å². The second kappa shape index (κ2) is 5.48. The zero-order valence-corrected chi connectivity index (χ0v) is 12.5. The van der Waals surface area contributed by atoms with Crippen LogP contribution in [0.3, 0.4) is 0 Å². The number of rotatable bonds is 3. The van der Waals surface area contributed by atoms with Gasteiger partial charge in [-0.05, 0) is 37.6 Å². The van der Waals surface area contributed by atoms with Gasteiger partial charge in [0.1, 0.15) is 5.82 Å². The molecule has 1 aromatic carbocycles. The third-order valence-corrected chi connectivity index (χ3v) is 3.48. The van der Waals surface area contributed by atoms with E-state index in [1.807, 2.05) is 38.2 Å². The molecule has 4 nitrogen and oxygen atoms in total. The van der Waals surface area contributed by atoms with Gasteiger partial charge in [-0.1, -0.05) is 13.0 Å². The molecule has 0 aliphatic rings. The highest BCUT2D eigenvalue weighted by Gasteiger charge is 2.07. The standard InChI is InChI=1S/C17H18N4/c1-4-14-10-16(18-3)21-17(20-14)13-7-8-15-12(9-13)6-5-11(2)19-15/h5-10H,4H2,1-3H3,(H,18,20,21). The van der Waals surface area contributed by atoms with Crippen molar-refractivity contribution in [1.29, 1.82) is 0 Å². The summed E-state index contributed by atoms with van der Waals surface area (Å²) >= 11 is 0. The number of nitrogens with zero attached hydrogens (tertiary/aromatic N) is 3. The third kappa shape index (κ3) is 2.70. The molecule has 3 rings (SSSR count). The van der Waals surface area contributed by atoms with Gasteiger partial charge in [-0.2, -0.15) is 0 Å². The van der Waals surface area contributed by atoms with E-state index in [1.165, 1.54) is 0 Å². The fourth-order valence-corrected chi connectivity index (χ4v) is 2.30. The molecule has 21 heavy (non-hydrogen) atoms. The average Bonchev–Trinajstić information content (AvgIpc) is 2.53. The van der Waals surface area contributed by atoms with Gasteiger partial charge in [0.25, 0.3) is 0 Å². The summed E-state index contributed by atoms with van der Waals surface area (Å²) in [5, 5.41) is 4.20. The number of pyridine rings is 1. The molecule has 4 heteroatoms. The Morgan fingerprint density at radius 2 is 1.86 bits per heavy atom. The fraction of sp³-hybridized carbons (Fsp3) is 0.235. The zero-order chi connectivity index (χ0) is 14.8. The molecule has 0 saturated carbocycles. The number of anilines is 1. The Morgan fingerprint density at radius 3 is 2.62 bits per heavy atom. The first kappa shape index (κ1) is 13.5. The summed E-state index contributed by atoms with van der Waals surface area (Å²) in [5.41, 5.74) is 4.07. The second-order valence-electron chi connectivity index (χ2n) is 5.03. The smallest absolute Gasteiger partial charge is 0.161 e. The molecule has 0 fully saturated rings. The summed E-state index contributed by atoms with van der Waals surface area (Å²) in [4.78, 5) is 13.7. The minimum atomic E-state index is 0.751. The van der Waals surface area contributed by atoms with E-state index in [1.54, 1.807) is 0 Å². The van der Waals surface area contributed by atoms with Crippen LogP contribution in [0.4, 0.5) is 5.82 Å². The van der Waals surface area contributed by atoms with Crippen LogP contribution in [-0.4, -0.2) is 22.0 Å². The molecule has 0 spiro atoms. The highest BCUT2D eigenvalue weighted by molar-refractivity contribution is 5.83. The average molecular weight is 278 g/mol. The monoisotopic (exact) mass is 278 g/mol. The van der Waals surface area contributed by atoms with Crippen molar-refractivity contribution in [2.24, 2.45) is 0 Å². The summed E-state index contributed by atoms with van der Waals surface area (Å²) < 4.78 is 0.